The molecule has 6 heteroatoms. The average molecular weight is 318 g/mol. The van der Waals surface area contributed by atoms with Crippen molar-refractivity contribution < 1.29 is 19.1 Å². The molecule has 0 bridgehead atoms. The highest BCUT2D eigenvalue weighted by Crippen LogP contribution is 2.19. The number of carboxylic acids is 1. The van der Waals surface area contributed by atoms with Crippen LogP contribution >= 0.6 is 15.9 Å². The third kappa shape index (κ3) is 5.27. The summed E-state index contributed by atoms with van der Waals surface area (Å²) in [5, 5.41) is 10.9. The minimum atomic E-state index is -0.955. The molecule has 1 aromatic carbocycles. The number of halogens is 2. The zero-order valence-electron chi connectivity index (χ0n) is 9.58. The van der Waals surface area contributed by atoms with Crippen LogP contribution in [0.1, 0.15) is 18.4 Å². The number of aryl methyl sites for hydroxylation is 1. The van der Waals surface area contributed by atoms with Crippen LogP contribution in [-0.4, -0.2) is 23.5 Å². The average Bonchev–Trinajstić information content (AvgIpc) is 2.30. The van der Waals surface area contributed by atoms with E-state index in [0.29, 0.717) is 12.0 Å². The molecule has 4 nitrogen and oxygen atoms in total. The molecule has 1 aromatic rings. The Morgan fingerprint density at radius 3 is 2.72 bits per heavy atom. The first-order valence-electron chi connectivity index (χ1n) is 5.41. The van der Waals surface area contributed by atoms with Gasteiger partial charge in [0.2, 0.25) is 5.91 Å². The fourth-order valence-electron chi connectivity index (χ4n) is 1.38. The van der Waals surface area contributed by atoms with E-state index in [4.69, 9.17) is 5.11 Å². The van der Waals surface area contributed by atoms with Crippen molar-refractivity contribution in [3.05, 3.63) is 34.1 Å². The lowest BCUT2D eigenvalue weighted by Gasteiger charge is -2.05. The van der Waals surface area contributed by atoms with Crippen LogP contribution in [0.3, 0.4) is 0 Å². The van der Waals surface area contributed by atoms with Crippen LogP contribution in [0.4, 0.5) is 4.39 Å². The highest BCUT2D eigenvalue weighted by atomic mass is 79.9. The van der Waals surface area contributed by atoms with E-state index in [0.717, 1.165) is 4.47 Å². The zero-order chi connectivity index (χ0) is 13.5. The van der Waals surface area contributed by atoms with Gasteiger partial charge in [-0.05, 0) is 30.2 Å². The molecule has 0 saturated carbocycles. The fourth-order valence-corrected chi connectivity index (χ4v) is 1.83. The maximum Gasteiger partial charge on any atom is 0.305 e. The number of rotatable bonds is 6. The Balaban J connectivity index is 2.38. The number of benzene rings is 1. The van der Waals surface area contributed by atoms with E-state index >= 15 is 0 Å². The van der Waals surface area contributed by atoms with Crippen molar-refractivity contribution in [1.29, 1.82) is 0 Å². The Labute approximate surface area is 112 Å². The number of nitrogens with one attached hydrogen (secondary N) is 1. The Bertz CT molecular complexity index is 451. The molecule has 0 unspecified atom stereocenters. The van der Waals surface area contributed by atoms with Crippen molar-refractivity contribution >= 4 is 27.8 Å². The minimum absolute atomic E-state index is 0.102. The molecule has 18 heavy (non-hydrogen) atoms. The van der Waals surface area contributed by atoms with Gasteiger partial charge in [0.25, 0.3) is 0 Å². The number of carbonyl (C=O) groups excluding carboxylic acids is 1. The quantitative estimate of drug-likeness (QED) is 0.844. The highest BCUT2D eigenvalue weighted by molar-refractivity contribution is 9.10. The van der Waals surface area contributed by atoms with Crippen LogP contribution in [0.15, 0.2) is 22.7 Å². The zero-order valence-corrected chi connectivity index (χ0v) is 11.2. The van der Waals surface area contributed by atoms with Gasteiger partial charge in [0.1, 0.15) is 5.82 Å². The Hall–Kier alpha value is -1.43. The molecule has 0 spiro atoms. The number of amides is 1. The third-order valence-corrected chi connectivity index (χ3v) is 3.06. The van der Waals surface area contributed by atoms with Crippen molar-refractivity contribution in [3.63, 3.8) is 0 Å². The molecular weight excluding hydrogens is 305 g/mol. The lowest BCUT2D eigenvalue weighted by molar-refractivity contribution is -0.136. The lowest BCUT2D eigenvalue weighted by Crippen LogP contribution is -2.26. The predicted molar refractivity (Wildman–Crippen MR) is 67.7 cm³/mol. The molecular formula is C12H13BrFNO3. The van der Waals surface area contributed by atoms with E-state index in [2.05, 4.69) is 21.2 Å². The smallest absolute Gasteiger partial charge is 0.305 e. The van der Waals surface area contributed by atoms with Gasteiger partial charge in [0, 0.05) is 17.4 Å². The summed E-state index contributed by atoms with van der Waals surface area (Å²) in [6, 6.07) is 4.29. The first kappa shape index (κ1) is 14.6. The van der Waals surface area contributed by atoms with Crippen LogP contribution in [0.5, 0.6) is 0 Å². The molecule has 0 aliphatic heterocycles. The van der Waals surface area contributed by atoms with Crippen LogP contribution in [-0.2, 0) is 16.0 Å². The van der Waals surface area contributed by atoms with Crippen LogP contribution in [0.25, 0.3) is 0 Å². The number of carboxylic acid groups (broad SMARTS) is 1. The van der Waals surface area contributed by atoms with Gasteiger partial charge in [-0.2, -0.15) is 0 Å². The van der Waals surface area contributed by atoms with Crippen LogP contribution in [0.2, 0.25) is 0 Å². The van der Waals surface area contributed by atoms with E-state index in [1.165, 1.54) is 12.1 Å². The van der Waals surface area contributed by atoms with E-state index in [1.54, 1.807) is 6.07 Å². The van der Waals surface area contributed by atoms with Gasteiger partial charge in [-0.25, -0.2) is 4.39 Å². The minimum Gasteiger partial charge on any atom is -0.481 e. The summed E-state index contributed by atoms with van der Waals surface area (Å²) in [5.74, 6) is -1.55. The molecule has 0 atom stereocenters. The second kappa shape index (κ2) is 7.10. The standard InChI is InChI=1S/C12H13BrFNO3/c13-10-3-2-9(14)7-8(10)1-4-11(16)15-6-5-12(17)18/h2-3,7H,1,4-6H2,(H,15,16)(H,17,18). The number of carbonyl (C=O) groups is 2. The molecule has 0 saturated heterocycles. The van der Waals surface area contributed by atoms with Gasteiger partial charge in [-0.3, -0.25) is 9.59 Å². The first-order chi connectivity index (χ1) is 8.49. The molecule has 0 heterocycles. The number of aliphatic carboxylic acids is 1. The molecule has 0 fully saturated rings. The summed E-state index contributed by atoms with van der Waals surface area (Å²) < 4.78 is 13.7. The maximum absolute atomic E-state index is 13.0. The monoisotopic (exact) mass is 317 g/mol. The summed E-state index contributed by atoms with van der Waals surface area (Å²) in [6.45, 7) is 0.110. The van der Waals surface area contributed by atoms with Gasteiger partial charge in [-0.15, -0.1) is 0 Å². The largest absolute Gasteiger partial charge is 0.481 e. The normalized spacial score (nSPS) is 10.1. The van der Waals surface area contributed by atoms with Crippen molar-refractivity contribution in [2.75, 3.05) is 6.54 Å². The number of hydrogen-bond donors (Lipinski definition) is 2. The van der Waals surface area contributed by atoms with Crippen LogP contribution in [0, 0.1) is 5.82 Å². The van der Waals surface area contributed by atoms with Gasteiger partial charge >= 0.3 is 5.97 Å². The van der Waals surface area contributed by atoms with Crippen LogP contribution < -0.4 is 5.32 Å². The summed E-state index contributed by atoms with van der Waals surface area (Å²) in [5.41, 5.74) is 0.711. The van der Waals surface area contributed by atoms with E-state index < -0.39 is 5.97 Å². The predicted octanol–water partition coefficient (Wildman–Crippen LogP) is 2.11. The molecule has 0 aromatic heterocycles. The summed E-state index contributed by atoms with van der Waals surface area (Å²) in [6.07, 6.45) is 0.494. The number of hydrogen-bond acceptors (Lipinski definition) is 2. The van der Waals surface area contributed by atoms with Gasteiger partial charge < -0.3 is 10.4 Å². The van der Waals surface area contributed by atoms with Crippen molar-refractivity contribution in [2.45, 2.75) is 19.3 Å². The second-order valence-corrected chi connectivity index (χ2v) is 4.58. The molecule has 98 valence electrons. The van der Waals surface area contributed by atoms with E-state index in [1.807, 2.05) is 0 Å². The summed E-state index contributed by atoms with van der Waals surface area (Å²) in [4.78, 5) is 21.6. The van der Waals surface area contributed by atoms with Gasteiger partial charge in [0.05, 0.1) is 6.42 Å². The topological polar surface area (TPSA) is 66.4 Å². The Morgan fingerprint density at radius 2 is 2.06 bits per heavy atom. The van der Waals surface area contributed by atoms with Crippen molar-refractivity contribution in [2.24, 2.45) is 0 Å². The SMILES string of the molecule is O=C(O)CCNC(=O)CCc1cc(F)ccc1Br. The van der Waals surface area contributed by atoms with Crippen molar-refractivity contribution in [1.82, 2.24) is 5.32 Å². The first-order valence-corrected chi connectivity index (χ1v) is 6.21. The van der Waals surface area contributed by atoms with E-state index in [9.17, 15) is 14.0 Å². The molecule has 1 amide bonds. The second-order valence-electron chi connectivity index (χ2n) is 3.73. The van der Waals surface area contributed by atoms with Gasteiger partial charge in [0.15, 0.2) is 0 Å². The molecule has 1 rings (SSSR count). The molecule has 0 aliphatic rings. The maximum atomic E-state index is 13.0. The summed E-state index contributed by atoms with van der Waals surface area (Å²) in [7, 11) is 0. The lowest BCUT2D eigenvalue weighted by atomic mass is 10.1. The highest BCUT2D eigenvalue weighted by Gasteiger charge is 2.06. The Kier molecular flexibility index (Phi) is 5.77. The van der Waals surface area contributed by atoms with E-state index in [-0.39, 0.29) is 31.1 Å². The molecule has 0 radical (unpaired) electrons. The van der Waals surface area contributed by atoms with Gasteiger partial charge in [-0.1, -0.05) is 15.9 Å². The molecule has 2 N–H and O–H groups in total. The van der Waals surface area contributed by atoms with Crippen molar-refractivity contribution in [3.8, 4) is 0 Å². The Morgan fingerprint density at radius 1 is 1.33 bits per heavy atom. The summed E-state index contributed by atoms with van der Waals surface area (Å²) >= 11 is 3.28. The third-order valence-electron chi connectivity index (χ3n) is 2.29. The molecule has 0 aliphatic carbocycles. The fraction of sp³-hybridized carbons (Fsp3) is 0.333.